The topological polar surface area (TPSA) is 20.2 Å². The maximum atomic E-state index is 8.79. The fourth-order valence-electron chi connectivity index (χ4n) is 0.816. The first-order valence-corrected chi connectivity index (χ1v) is 3.54. The molecular weight excluding hydrogens is 136 g/mol. The third kappa shape index (κ3) is 3.19. The summed E-state index contributed by atoms with van der Waals surface area (Å²) in [5, 5.41) is 8.79. The second-order valence-corrected chi connectivity index (χ2v) is 2.17. The highest BCUT2D eigenvalue weighted by Gasteiger charge is 1.89. The van der Waals surface area contributed by atoms with Gasteiger partial charge in [-0.1, -0.05) is 30.3 Å². The van der Waals surface area contributed by atoms with E-state index >= 15 is 0 Å². The molecule has 0 bridgehead atoms. The van der Waals surface area contributed by atoms with E-state index in [0.29, 0.717) is 0 Å². The van der Waals surface area contributed by atoms with Gasteiger partial charge in [0.05, 0.1) is 0 Å². The number of aliphatic hydroxyl groups is 1. The van der Waals surface area contributed by atoms with E-state index in [4.69, 9.17) is 10.6 Å². The van der Waals surface area contributed by atoms with Gasteiger partial charge in [0.2, 0.25) is 0 Å². The average Bonchev–Trinajstić information content (AvgIpc) is 2.18. The number of benzene rings is 1. The van der Waals surface area contributed by atoms with E-state index in [9.17, 15) is 0 Å². The molecule has 11 heavy (non-hydrogen) atoms. The SMILES string of the molecule is [2H]C([2H])(CO)C([2H])([2H])Cc1ccccc1. The van der Waals surface area contributed by atoms with E-state index in [1.54, 1.807) is 24.3 Å². The number of hydrogen-bond donors (Lipinski definition) is 1. The summed E-state index contributed by atoms with van der Waals surface area (Å²) >= 11 is 0. The number of rotatable bonds is 4. The number of aliphatic hydroxyl groups excluding tert-OH is 1. The molecule has 0 atom stereocenters. The molecule has 1 aromatic rings. The predicted molar refractivity (Wildman–Crippen MR) is 46.5 cm³/mol. The molecule has 0 radical (unpaired) electrons. The molecule has 1 rings (SSSR count). The molecule has 0 saturated carbocycles. The van der Waals surface area contributed by atoms with Crippen molar-refractivity contribution in [3.8, 4) is 0 Å². The summed E-state index contributed by atoms with van der Waals surface area (Å²) in [5.74, 6) is 0. The van der Waals surface area contributed by atoms with Gasteiger partial charge in [0.25, 0.3) is 0 Å². The molecule has 1 N–H and O–H groups in total. The minimum atomic E-state index is -2.22. The largest absolute Gasteiger partial charge is 0.396 e. The van der Waals surface area contributed by atoms with Crippen LogP contribution in [-0.2, 0) is 6.42 Å². The van der Waals surface area contributed by atoms with E-state index in [1.165, 1.54) is 0 Å². The van der Waals surface area contributed by atoms with E-state index in [1.807, 2.05) is 6.07 Å². The molecule has 0 amide bonds. The molecular formula is C10H14O. The summed E-state index contributed by atoms with van der Waals surface area (Å²) in [7, 11) is 0. The van der Waals surface area contributed by atoms with E-state index in [0.717, 1.165) is 5.56 Å². The van der Waals surface area contributed by atoms with Crippen LogP contribution in [0.15, 0.2) is 30.3 Å². The molecule has 0 aliphatic carbocycles. The van der Waals surface area contributed by atoms with Crippen molar-refractivity contribution in [1.29, 1.82) is 0 Å². The van der Waals surface area contributed by atoms with E-state index < -0.39 is 19.4 Å². The summed E-state index contributed by atoms with van der Waals surface area (Å²) in [4.78, 5) is 0. The molecule has 0 aliphatic heterocycles. The molecule has 0 fully saturated rings. The summed E-state index contributed by atoms with van der Waals surface area (Å²) < 4.78 is 29.9. The van der Waals surface area contributed by atoms with Gasteiger partial charge in [-0.2, -0.15) is 0 Å². The van der Waals surface area contributed by atoms with Gasteiger partial charge in [-0.25, -0.2) is 0 Å². The van der Waals surface area contributed by atoms with Crippen LogP contribution in [0.25, 0.3) is 0 Å². The second-order valence-electron chi connectivity index (χ2n) is 2.17. The lowest BCUT2D eigenvalue weighted by molar-refractivity contribution is 0.284. The van der Waals surface area contributed by atoms with Crippen LogP contribution in [-0.4, -0.2) is 11.7 Å². The maximum absolute atomic E-state index is 8.79. The second kappa shape index (κ2) is 4.91. The monoisotopic (exact) mass is 154 g/mol. The average molecular weight is 154 g/mol. The quantitative estimate of drug-likeness (QED) is 0.703. The van der Waals surface area contributed by atoms with Crippen LogP contribution in [0, 0.1) is 0 Å². The highest BCUT2D eigenvalue weighted by molar-refractivity contribution is 5.14. The predicted octanol–water partition coefficient (Wildman–Crippen LogP) is 2.00. The maximum Gasteiger partial charge on any atom is 0.0431 e. The molecule has 1 nitrogen and oxygen atoms in total. The van der Waals surface area contributed by atoms with Gasteiger partial charge >= 0.3 is 0 Å². The lowest BCUT2D eigenvalue weighted by Gasteiger charge is -1.97. The lowest BCUT2D eigenvalue weighted by atomic mass is 10.1. The van der Waals surface area contributed by atoms with Crippen molar-refractivity contribution in [3.05, 3.63) is 35.9 Å². The van der Waals surface area contributed by atoms with Gasteiger partial charge in [0, 0.05) is 12.1 Å². The van der Waals surface area contributed by atoms with Crippen LogP contribution in [0.2, 0.25) is 0 Å². The molecule has 0 aliphatic rings. The molecule has 60 valence electrons. The zero-order valence-corrected chi connectivity index (χ0v) is 6.25. The van der Waals surface area contributed by atoms with Crippen LogP contribution < -0.4 is 0 Å². The molecule has 0 saturated heterocycles. The van der Waals surface area contributed by atoms with Crippen LogP contribution in [0.1, 0.15) is 23.8 Å². The van der Waals surface area contributed by atoms with Crippen molar-refractivity contribution in [3.63, 3.8) is 0 Å². The van der Waals surface area contributed by atoms with Crippen LogP contribution >= 0.6 is 0 Å². The number of hydrogen-bond acceptors (Lipinski definition) is 1. The fourth-order valence-corrected chi connectivity index (χ4v) is 0.816. The van der Waals surface area contributed by atoms with Crippen molar-refractivity contribution >= 4 is 0 Å². The molecule has 0 aromatic heterocycles. The first kappa shape index (κ1) is 4.27. The van der Waals surface area contributed by atoms with Gasteiger partial charge in [-0.3, -0.25) is 0 Å². The Hall–Kier alpha value is -0.820. The highest BCUT2D eigenvalue weighted by atomic mass is 16.2. The Morgan fingerprint density at radius 1 is 1.18 bits per heavy atom. The first-order chi connectivity index (χ1) is 6.89. The molecule has 1 heteroatoms. The van der Waals surface area contributed by atoms with Crippen LogP contribution in [0.4, 0.5) is 0 Å². The van der Waals surface area contributed by atoms with Gasteiger partial charge in [0.1, 0.15) is 0 Å². The zero-order chi connectivity index (χ0) is 11.5. The van der Waals surface area contributed by atoms with Gasteiger partial charge in [-0.15, -0.1) is 0 Å². The van der Waals surface area contributed by atoms with Crippen molar-refractivity contribution in [2.75, 3.05) is 6.61 Å². The molecule has 0 unspecified atom stereocenters. The summed E-state index contributed by atoms with van der Waals surface area (Å²) in [6.07, 6.45) is -4.33. The van der Waals surface area contributed by atoms with Crippen molar-refractivity contribution < 1.29 is 10.6 Å². The van der Waals surface area contributed by atoms with E-state index in [2.05, 4.69) is 0 Å². The Morgan fingerprint density at radius 2 is 1.91 bits per heavy atom. The first-order valence-electron chi connectivity index (χ1n) is 5.54. The minimum absolute atomic E-state index is 0.0403. The summed E-state index contributed by atoms with van der Waals surface area (Å²) in [5.41, 5.74) is 0.722. The minimum Gasteiger partial charge on any atom is -0.396 e. The Bertz CT molecular complexity index is 310. The smallest absolute Gasteiger partial charge is 0.0431 e. The number of aryl methyl sites for hydroxylation is 1. The Kier molecular flexibility index (Phi) is 1.91. The third-order valence-corrected chi connectivity index (χ3v) is 1.34. The van der Waals surface area contributed by atoms with E-state index in [-0.39, 0.29) is 6.42 Å². The molecule has 0 heterocycles. The zero-order valence-electron chi connectivity index (χ0n) is 10.2. The Morgan fingerprint density at radius 3 is 2.55 bits per heavy atom. The van der Waals surface area contributed by atoms with Crippen LogP contribution in [0.5, 0.6) is 0 Å². The van der Waals surface area contributed by atoms with Crippen molar-refractivity contribution in [1.82, 2.24) is 0 Å². The van der Waals surface area contributed by atoms with Gasteiger partial charge in [0.15, 0.2) is 0 Å². The molecule has 1 aromatic carbocycles. The lowest BCUT2D eigenvalue weighted by Crippen LogP contribution is -1.87. The fraction of sp³-hybridized carbons (Fsp3) is 0.400. The standard InChI is InChI=1S/C10H14O/c11-9-5-4-8-10-6-2-1-3-7-10/h1-3,6-7,11H,4-5,8-9H2/i4D2,5D2. The Balaban J connectivity index is 2.81. The molecule has 0 spiro atoms. The van der Waals surface area contributed by atoms with Crippen molar-refractivity contribution in [2.45, 2.75) is 19.2 Å². The normalized spacial score (nSPS) is 17.9. The summed E-state index contributed by atoms with van der Waals surface area (Å²) in [6, 6.07) is 8.86. The van der Waals surface area contributed by atoms with Gasteiger partial charge < -0.3 is 5.11 Å². The van der Waals surface area contributed by atoms with Gasteiger partial charge in [-0.05, 0) is 24.7 Å². The Labute approximate surface area is 73.3 Å². The highest BCUT2D eigenvalue weighted by Crippen LogP contribution is 2.03. The van der Waals surface area contributed by atoms with Crippen molar-refractivity contribution in [2.24, 2.45) is 0 Å². The third-order valence-electron chi connectivity index (χ3n) is 1.34. The summed E-state index contributed by atoms with van der Waals surface area (Å²) in [6.45, 7) is -0.813. The van der Waals surface area contributed by atoms with Crippen LogP contribution in [0.3, 0.4) is 0 Å².